The van der Waals surface area contributed by atoms with Crippen LogP contribution in [0.5, 0.6) is 5.75 Å². The number of esters is 1. The third-order valence-electron chi connectivity index (χ3n) is 2.03. The molecule has 1 aromatic rings. The smallest absolute Gasteiger partial charge is 0.339 e. The zero-order chi connectivity index (χ0) is 14.6. The first kappa shape index (κ1) is 14.4. The van der Waals surface area contributed by atoms with Crippen LogP contribution < -0.4 is 4.74 Å². The van der Waals surface area contributed by atoms with Crippen LogP contribution in [-0.4, -0.2) is 28.1 Å². The molecule has 0 aliphatic carbocycles. The van der Waals surface area contributed by atoms with E-state index < -0.39 is 35.7 Å². The summed E-state index contributed by atoms with van der Waals surface area (Å²) >= 11 is 0. The van der Waals surface area contributed by atoms with Crippen LogP contribution in [0.25, 0.3) is 0 Å². The number of ether oxygens (including phenoxy) is 1. The van der Waals surface area contributed by atoms with Crippen LogP contribution in [0.15, 0.2) is 30.4 Å². The molecule has 19 heavy (non-hydrogen) atoms. The van der Waals surface area contributed by atoms with Crippen LogP contribution in [0.2, 0.25) is 0 Å². The van der Waals surface area contributed by atoms with Crippen LogP contribution >= 0.6 is 0 Å². The Balaban J connectivity index is 2.94. The van der Waals surface area contributed by atoms with Crippen molar-refractivity contribution in [1.82, 2.24) is 0 Å². The molecule has 1 aromatic carbocycles. The number of carboxylic acid groups (broad SMARTS) is 2. The van der Waals surface area contributed by atoms with Gasteiger partial charge in [-0.05, 0) is 18.2 Å². The van der Waals surface area contributed by atoms with Crippen molar-refractivity contribution in [3.05, 3.63) is 41.7 Å². The van der Waals surface area contributed by atoms with Crippen LogP contribution in [0.3, 0.4) is 0 Å². The fraction of sp³-hybridized carbons (Fsp3) is 0.0833. The van der Waals surface area contributed by atoms with E-state index in [-0.39, 0.29) is 11.3 Å². The molecule has 100 valence electrons. The molecule has 0 aromatic heterocycles. The lowest BCUT2D eigenvalue weighted by molar-refractivity contribution is -0.138. The molecule has 7 heteroatoms. The molecule has 2 N–H and O–H groups in total. The number of carbonyl (C=O) groups is 3. The van der Waals surface area contributed by atoms with Crippen molar-refractivity contribution in [3.8, 4) is 5.75 Å². The third-order valence-corrected chi connectivity index (χ3v) is 2.03. The van der Waals surface area contributed by atoms with Crippen molar-refractivity contribution >= 4 is 17.9 Å². The zero-order valence-corrected chi connectivity index (χ0v) is 9.55. The van der Waals surface area contributed by atoms with Gasteiger partial charge in [0.2, 0.25) is 0 Å². The summed E-state index contributed by atoms with van der Waals surface area (Å²) in [4.78, 5) is 32.6. The second kappa shape index (κ2) is 5.76. The molecule has 0 aliphatic rings. The zero-order valence-electron chi connectivity index (χ0n) is 9.55. The Bertz CT molecular complexity index is 563. The summed E-state index contributed by atoms with van der Waals surface area (Å²) in [6, 6.07) is 2.56. The van der Waals surface area contributed by atoms with Gasteiger partial charge in [-0.15, -0.1) is 0 Å². The highest BCUT2D eigenvalue weighted by atomic mass is 19.1. The molecule has 0 saturated carbocycles. The summed E-state index contributed by atoms with van der Waals surface area (Å²) in [5.74, 6) is -5.03. The second-order valence-corrected chi connectivity index (χ2v) is 3.51. The number of aromatic carboxylic acids is 1. The highest BCUT2D eigenvalue weighted by Gasteiger charge is 2.18. The van der Waals surface area contributed by atoms with Crippen molar-refractivity contribution < 1.29 is 33.7 Å². The lowest BCUT2D eigenvalue weighted by Gasteiger charge is -2.08. The lowest BCUT2D eigenvalue weighted by atomic mass is 10.2. The van der Waals surface area contributed by atoms with Gasteiger partial charge in [0.1, 0.15) is 17.1 Å². The largest absolute Gasteiger partial charge is 0.481 e. The highest BCUT2D eigenvalue weighted by molar-refractivity contribution is 5.96. The summed E-state index contributed by atoms with van der Waals surface area (Å²) in [5.41, 5.74) is -0.898. The molecule has 1 rings (SSSR count). The summed E-state index contributed by atoms with van der Waals surface area (Å²) in [6.45, 7) is 3.21. The summed E-state index contributed by atoms with van der Waals surface area (Å²) in [5, 5.41) is 17.3. The molecular formula is C12H9FO6. The SMILES string of the molecule is C=C(CC(=O)O)C(=O)Oc1ccc(F)cc1C(=O)O. The van der Waals surface area contributed by atoms with E-state index >= 15 is 0 Å². The predicted molar refractivity (Wildman–Crippen MR) is 60.4 cm³/mol. The van der Waals surface area contributed by atoms with Crippen molar-refractivity contribution in [3.63, 3.8) is 0 Å². The molecular weight excluding hydrogens is 259 g/mol. The van der Waals surface area contributed by atoms with Gasteiger partial charge in [-0.3, -0.25) is 4.79 Å². The fourth-order valence-electron chi connectivity index (χ4n) is 1.19. The number of halogens is 1. The van der Waals surface area contributed by atoms with Crippen LogP contribution in [0, 0.1) is 5.82 Å². The highest BCUT2D eigenvalue weighted by Crippen LogP contribution is 2.21. The monoisotopic (exact) mass is 268 g/mol. The molecule has 0 atom stereocenters. The number of benzene rings is 1. The fourth-order valence-corrected chi connectivity index (χ4v) is 1.19. The Morgan fingerprint density at radius 3 is 2.42 bits per heavy atom. The van der Waals surface area contributed by atoms with E-state index in [0.29, 0.717) is 6.07 Å². The molecule has 0 spiro atoms. The summed E-state index contributed by atoms with van der Waals surface area (Å²) in [7, 11) is 0. The molecule has 0 amide bonds. The summed E-state index contributed by atoms with van der Waals surface area (Å²) in [6.07, 6.45) is -0.636. The van der Waals surface area contributed by atoms with E-state index in [9.17, 15) is 18.8 Å². The maximum Gasteiger partial charge on any atom is 0.339 e. The minimum Gasteiger partial charge on any atom is -0.481 e. The first-order chi connectivity index (χ1) is 8.81. The van der Waals surface area contributed by atoms with Crippen LogP contribution in [0.4, 0.5) is 4.39 Å². The number of carboxylic acids is 2. The molecule has 0 saturated heterocycles. The van der Waals surface area contributed by atoms with Gasteiger partial charge in [0.25, 0.3) is 0 Å². The number of carbonyl (C=O) groups excluding carboxylic acids is 1. The lowest BCUT2D eigenvalue weighted by Crippen LogP contribution is -2.15. The van der Waals surface area contributed by atoms with Gasteiger partial charge < -0.3 is 14.9 Å². The number of rotatable bonds is 5. The Labute approximate surface area is 106 Å². The third kappa shape index (κ3) is 3.91. The Hall–Kier alpha value is -2.70. The van der Waals surface area contributed by atoms with Crippen LogP contribution in [0.1, 0.15) is 16.8 Å². The van der Waals surface area contributed by atoms with Gasteiger partial charge in [0.15, 0.2) is 0 Å². The van der Waals surface area contributed by atoms with Gasteiger partial charge in [-0.1, -0.05) is 6.58 Å². The predicted octanol–water partition coefficient (Wildman–Crippen LogP) is 1.46. The van der Waals surface area contributed by atoms with E-state index in [1.165, 1.54) is 0 Å². The van der Waals surface area contributed by atoms with E-state index in [1.54, 1.807) is 0 Å². The average molecular weight is 268 g/mol. The van der Waals surface area contributed by atoms with E-state index in [0.717, 1.165) is 12.1 Å². The van der Waals surface area contributed by atoms with E-state index in [4.69, 9.17) is 10.2 Å². The minimum atomic E-state index is -1.48. The summed E-state index contributed by atoms with van der Waals surface area (Å²) < 4.78 is 17.6. The quantitative estimate of drug-likeness (QED) is 0.476. The van der Waals surface area contributed by atoms with Gasteiger partial charge in [0.05, 0.1) is 6.42 Å². The van der Waals surface area contributed by atoms with Gasteiger partial charge in [-0.25, -0.2) is 14.0 Å². The Morgan fingerprint density at radius 1 is 1.26 bits per heavy atom. The van der Waals surface area contributed by atoms with Crippen molar-refractivity contribution in [2.24, 2.45) is 0 Å². The minimum absolute atomic E-state index is 0.354. The first-order valence-electron chi connectivity index (χ1n) is 4.96. The maximum atomic E-state index is 12.9. The standard InChI is InChI=1S/C12H9FO6/c1-6(4-10(14)15)12(18)19-9-3-2-7(13)5-8(9)11(16)17/h2-3,5H,1,4H2,(H,14,15)(H,16,17). The van der Waals surface area contributed by atoms with Crippen molar-refractivity contribution in [1.29, 1.82) is 0 Å². The molecule has 0 heterocycles. The maximum absolute atomic E-state index is 12.9. The van der Waals surface area contributed by atoms with Crippen molar-refractivity contribution in [2.75, 3.05) is 0 Å². The number of hydrogen-bond acceptors (Lipinski definition) is 4. The molecule has 0 unspecified atom stereocenters. The van der Waals surface area contributed by atoms with Crippen LogP contribution in [-0.2, 0) is 9.59 Å². The molecule has 0 fully saturated rings. The second-order valence-electron chi connectivity index (χ2n) is 3.51. The van der Waals surface area contributed by atoms with Crippen molar-refractivity contribution in [2.45, 2.75) is 6.42 Å². The topological polar surface area (TPSA) is 101 Å². The van der Waals surface area contributed by atoms with Gasteiger partial charge in [-0.2, -0.15) is 0 Å². The van der Waals surface area contributed by atoms with E-state index in [2.05, 4.69) is 11.3 Å². The average Bonchev–Trinajstić information content (AvgIpc) is 2.30. The van der Waals surface area contributed by atoms with E-state index in [1.807, 2.05) is 0 Å². The molecule has 0 radical (unpaired) electrons. The Morgan fingerprint density at radius 2 is 1.89 bits per heavy atom. The Kier molecular flexibility index (Phi) is 4.36. The van der Waals surface area contributed by atoms with Gasteiger partial charge in [0, 0.05) is 5.57 Å². The first-order valence-corrected chi connectivity index (χ1v) is 4.96. The molecule has 0 bridgehead atoms. The molecule has 6 nitrogen and oxygen atoms in total. The molecule has 0 aliphatic heterocycles. The normalized spacial score (nSPS) is 9.74. The number of aliphatic carboxylic acids is 1. The van der Waals surface area contributed by atoms with Gasteiger partial charge >= 0.3 is 17.9 Å². The number of hydrogen-bond donors (Lipinski definition) is 2.